The number of thioether (sulfide) groups is 2. The molecule has 0 unspecified atom stereocenters. The maximum Gasteiger partial charge on any atom is 0.474 e. The summed E-state index contributed by atoms with van der Waals surface area (Å²) in [4.78, 5) is 29.8. The van der Waals surface area contributed by atoms with Crippen molar-refractivity contribution in [1.82, 2.24) is 4.90 Å². The lowest BCUT2D eigenvalue weighted by Gasteiger charge is -2.33. The molecule has 2 aliphatic heterocycles. The molecule has 0 bridgehead atoms. The third-order valence-electron chi connectivity index (χ3n) is 6.13. The molecule has 4 atom stereocenters. The molecule has 2 aliphatic rings. The number of rotatable bonds is 13. The molecule has 15 heteroatoms. The zero-order valence-electron chi connectivity index (χ0n) is 24.8. The molecule has 1 saturated heterocycles. The van der Waals surface area contributed by atoms with Crippen molar-refractivity contribution in [3.8, 4) is 0 Å². The summed E-state index contributed by atoms with van der Waals surface area (Å²) in [7, 11) is -4.29. The van der Waals surface area contributed by atoms with Gasteiger partial charge in [-0.15, -0.1) is 0 Å². The number of nitrogens with two attached hydrogens (primary N) is 1. The molecule has 3 N–H and O–H groups in total. The van der Waals surface area contributed by atoms with Crippen LogP contribution in [0.5, 0.6) is 0 Å². The first kappa shape index (κ1) is 35.9. The van der Waals surface area contributed by atoms with Gasteiger partial charge in [0.1, 0.15) is 23.4 Å². The topological polar surface area (TPSA) is 150 Å². The van der Waals surface area contributed by atoms with E-state index < -0.39 is 49.4 Å². The van der Waals surface area contributed by atoms with Crippen molar-refractivity contribution in [1.29, 1.82) is 0 Å². The molecule has 41 heavy (non-hydrogen) atoms. The van der Waals surface area contributed by atoms with Crippen LogP contribution in [0.1, 0.15) is 54.9 Å². The Morgan fingerprint density at radius 1 is 1.15 bits per heavy atom. The van der Waals surface area contributed by atoms with Gasteiger partial charge < -0.3 is 20.5 Å². The van der Waals surface area contributed by atoms with Crippen molar-refractivity contribution in [2.75, 3.05) is 31.3 Å². The fourth-order valence-electron chi connectivity index (χ4n) is 3.56. The minimum absolute atomic E-state index is 0.0678. The molecular weight excluding hydrogens is 596 g/mol. The molecular formula is C26H43FN3O8PS2. The highest BCUT2D eigenvalue weighted by Crippen LogP contribution is 2.52. The summed E-state index contributed by atoms with van der Waals surface area (Å²) < 4.78 is 51.6. The van der Waals surface area contributed by atoms with E-state index in [2.05, 4.69) is 11.6 Å². The summed E-state index contributed by atoms with van der Waals surface area (Å²) in [5.41, 5.74) is 2.94. The van der Waals surface area contributed by atoms with E-state index in [9.17, 15) is 19.3 Å². The predicted octanol–water partition coefficient (Wildman–Crippen LogP) is 4.62. The van der Waals surface area contributed by atoms with Crippen LogP contribution in [0, 0.1) is 10.8 Å². The van der Waals surface area contributed by atoms with Gasteiger partial charge in [-0.3, -0.25) is 23.2 Å². The fourth-order valence-corrected chi connectivity index (χ4v) is 6.61. The lowest BCUT2D eigenvalue weighted by Crippen LogP contribution is -2.45. The van der Waals surface area contributed by atoms with Crippen molar-refractivity contribution >= 4 is 47.4 Å². The van der Waals surface area contributed by atoms with Crippen molar-refractivity contribution in [2.45, 2.75) is 79.0 Å². The van der Waals surface area contributed by atoms with E-state index in [1.165, 1.54) is 17.2 Å². The predicted molar refractivity (Wildman–Crippen MR) is 160 cm³/mol. The van der Waals surface area contributed by atoms with E-state index in [0.29, 0.717) is 0 Å². The Bertz CT molecular complexity index is 1040. The second-order valence-corrected chi connectivity index (χ2v) is 15.5. The lowest BCUT2D eigenvalue weighted by atomic mass is 9.94. The minimum Gasteiger partial charge on any atom is -0.387 e. The zero-order chi connectivity index (χ0) is 31.2. The van der Waals surface area contributed by atoms with Gasteiger partial charge in [0.25, 0.3) is 0 Å². The molecule has 0 aliphatic carbocycles. The Morgan fingerprint density at radius 2 is 1.66 bits per heavy atom. The van der Waals surface area contributed by atoms with Gasteiger partial charge in [0.05, 0.1) is 19.8 Å². The molecule has 0 saturated carbocycles. The van der Waals surface area contributed by atoms with Crippen LogP contribution >= 0.6 is 31.3 Å². The highest BCUT2D eigenvalue weighted by molar-refractivity contribution is 8.14. The summed E-state index contributed by atoms with van der Waals surface area (Å²) in [6.07, 6.45) is -1.86. The van der Waals surface area contributed by atoms with Crippen molar-refractivity contribution in [2.24, 2.45) is 21.6 Å². The first-order valence-electron chi connectivity index (χ1n) is 13.2. The van der Waals surface area contributed by atoms with Crippen LogP contribution < -0.4 is 5.73 Å². The monoisotopic (exact) mass is 639 g/mol. The van der Waals surface area contributed by atoms with Gasteiger partial charge in [-0.05, 0) is 12.5 Å². The number of phosphoric ester groups is 1. The largest absolute Gasteiger partial charge is 0.474 e. The number of aliphatic hydroxyl groups is 1. The van der Waals surface area contributed by atoms with Crippen LogP contribution in [0.2, 0.25) is 0 Å². The maximum absolute atomic E-state index is 15.4. The molecule has 0 radical (unpaired) electrons. The smallest absolute Gasteiger partial charge is 0.387 e. The average Bonchev–Trinajstić information content (AvgIpc) is 3.12. The number of aliphatic hydroxyl groups excluding tert-OH is 1. The average molecular weight is 640 g/mol. The van der Waals surface area contributed by atoms with Crippen LogP contribution in [0.4, 0.5) is 4.39 Å². The first-order chi connectivity index (χ1) is 18.8. The number of aliphatic imine (C=N–C) groups is 1. The van der Waals surface area contributed by atoms with Crippen LogP contribution in [0.25, 0.3) is 0 Å². The van der Waals surface area contributed by atoms with Gasteiger partial charge in [0, 0.05) is 28.5 Å². The third kappa shape index (κ3) is 9.89. The second-order valence-electron chi connectivity index (χ2n) is 11.7. The molecule has 2 heterocycles. The normalized spacial score (nSPS) is 25.5. The molecule has 0 amide bonds. The Balaban J connectivity index is 2.12. The molecule has 1 fully saturated rings. The number of carbonyl (C=O) groups excluding carboxylic acids is 2. The summed E-state index contributed by atoms with van der Waals surface area (Å²) in [6.45, 7) is 15.3. The number of carbonyl (C=O) groups is 2. The van der Waals surface area contributed by atoms with E-state index >= 15 is 4.39 Å². The lowest BCUT2D eigenvalue weighted by molar-refractivity contribution is -0.134. The number of phosphoric acid groups is 1. The summed E-state index contributed by atoms with van der Waals surface area (Å²) in [5, 5.41) is 10.7. The molecule has 0 spiro atoms. The van der Waals surface area contributed by atoms with E-state index in [4.69, 9.17) is 24.0 Å². The third-order valence-corrected chi connectivity index (χ3v) is 10.1. The molecule has 0 aromatic carbocycles. The van der Waals surface area contributed by atoms with E-state index in [1.807, 2.05) is 0 Å². The standard InChI is InChI=1S/C26H43FN3O8PS2/c1-9-26(20(31)19(27)21(38-26)30-11-10-18(28)29-17(30)2)16-37-39(34,35-12-14-40-22(32)24(3,4)5)36-13-15-41-23(33)25(6,7)8/h10-11,19-21,31H,2,9,12-16H2,1,3-8H3,(H2,28,29)/t19-,20+,21-,26-/m1/s1. The van der Waals surface area contributed by atoms with Crippen LogP contribution in [-0.4, -0.2) is 81.5 Å². The van der Waals surface area contributed by atoms with E-state index in [-0.39, 0.29) is 53.0 Å². The number of ether oxygens (including phenoxy) is 1. The maximum atomic E-state index is 15.4. The quantitative estimate of drug-likeness (QED) is 0.214. The highest BCUT2D eigenvalue weighted by atomic mass is 32.2. The Hall–Kier alpha value is -1.25. The van der Waals surface area contributed by atoms with E-state index in [0.717, 1.165) is 23.5 Å². The Labute approximate surface area is 250 Å². The number of halogens is 1. The number of hydrogen-bond donors (Lipinski definition) is 2. The minimum atomic E-state index is -4.29. The van der Waals surface area contributed by atoms with Crippen molar-refractivity contribution < 1.29 is 42.0 Å². The molecule has 2 rings (SSSR count). The van der Waals surface area contributed by atoms with Crippen LogP contribution in [0.15, 0.2) is 29.7 Å². The Morgan fingerprint density at radius 3 is 2.10 bits per heavy atom. The summed E-state index contributed by atoms with van der Waals surface area (Å²) in [6, 6.07) is 0. The van der Waals surface area contributed by atoms with Gasteiger partial charge in [-0.2, -0.15) is 0 Å². The van der Waals surface area contributed by atoms with Gasteiger partial charge in [0.15, 0.2) is 22.6 Å². The van der Waals surface area contributed by atoms with Gasteiger partial charge in [0.2, 0.25) is 0 Å². The number of alkyl halides is 1. The number of hydrogen-bond acceptors (Lipinski definition) is 13. The zero-order valence-corrected chi connectivity index (χ0v) is 27.3. The Kier molecular flexibility index (Phi) is 12.7. The summed E-state index contributed by atoms with van der Waals surface area (Å²) >= 11 is 2.05. The SMILES string of the molecule is C=C1N=C(N)C=CN1[C@@H]1O[C@](CC)(COP(=O)(OCCSC(=O)C(C)(C)C)OCCSC(=O)C(C)(C)C)[C@@H](O)[C@H]1F. The number of amidine groups is 1. The summed E-state index contributed by atoms with van der Waals surface area (Å²) in [5.74, 6) is 0.679. The fraction of sp³-hybridized carbons (Fsp3) is 0.731. The molecule has 0 aromatic rings. The molecule has 0 aromatic heterocycles. The van der Waals surface area contributed by atoms with Crippen molar-refractivity contribution in [3.63, 3.8) is 0 Å². The molecule has 11 nitrogen and oxygen atoms in total. The van der Waals surface area contributed by atoms with Gasteiger partial charge in [-0.1, -0.05) is 78.6 Å². The van der Waals surface area contributed by atoms with Gasteiger partial charge in [-0.25, -0.2) is 13.9 Å². The second kappa shape index (κ2) is 14.5. The highest BCUT2D eigenvalue weighted by Gasteiger charge is 2.57. The first-order valence-corrected chi connectivity index (χ1v) is 16.7. The number of nitrogens with zero attached hydrogens (tertiary/aromatic N) is 2. The van der Waals surface area contributed by atoms with Crippen LogP contribution in [-0.2, 0) is 32.5 Å². The van der Waals surface area contributed by atoms with Gasteiger partial charge >= 0.3 is 7.82 Å². The van der Waals surface area contributed by atoms with E-state index in [1.54, 1.807) is 48.5 Å². The molecule has 234 valence electrons. The van der Waals surface area contributed by atoms with Crippen LogP contribution in [0.3, 0.4) is 0 Å². The van der Waals surface area contributed by atoms with Crippen molar-refractivity contribution in [3.05, 3.63) is 24.7 Å².